The highest BCUT2D eigenvalue weighted by Crippen LogP contribution is 2.23. The van der Waals surface area contributed by atoms with Crippen molar-refractivity contribution >= 4 is 23.8 Å². The van der Waals surface area contributed by atoms with E-state index in [1.807, 2.05) is 0 Å². The van der Waals surface area contributed by atoms with Gasteiger partial charge in [-0.15, -0.1) is 5.10 Å². The fraction of sp³-hybridized carbons (Fsp3) is 0.0667. The van der Waals surface area contributed by atoms with Crippen LogP contribution in [0.15, 0.2) is 46.6 Å². The number of halogens is 3. The standard InChI is InChI=1S/C15H13ClF2N4O/c16-11-2-4-14(10(5-11)7-21-22-15(19)20)23-8-9-1-3-12(17)6-13(9)18/h1-7H,8H2,(H4,19,20,22). The average molecular weight is 339 g/mol. The summed E-state index contributed by atoms with van der Waals surface area (Å²) in [5.41, 5.74) is 11.1. The van der Waals surface area contributed by atoms with Gasteiger partial charge in [0.15, 0.2) is 0 Å². The monoisotopic (exact) mass is 338 g/mol. The Hall–Kier alpha value is -2.67. The van der Waals surface area contributed by atoms with E-state index in [1.165, 1.54) is 12.3 Å². The lowest BCUT2D eigenvalue weighted by Gasteiger charge is -2.10. The predicted molar refractivity (Wildman–Crippen MR) is 85.5 cm³/mol. The van der Waals surface area contributed by atoms with Crippen LogP contribution in [0.1, 0.15) is 11.1 Å². The molecule has 0 saturated carbocycles. The maximum absolute atomic E-state index is 13.6. The van der Waals surface area contributed by atoms with E-state index in [9.17, 15) is 8.78 Å². The van der Waals surface area contributed by atoms with Crippen molar-refractivity contribution in [1.82, 2.24) is 0 Å². The number of hydrogen-bond donors (Lipinski definition) is 2. The van der Waals surface area contributed by atoms with Gasteiger partial charge in [-0.1, -0.05) is 11.6 Å². The van der Waals surface area contributed by atoms with Crippen molar-refractivity contribution in [2.24, 2.45) is 21.7 Å². The van der Waals surface area contributed by atoms with Crippen LogP contribution in [-0.4, -0.2) is 12.2 Å². The molecule has 0 bridgehead atoms. The number of benzene rings is 2. The largest absolute Gasteiger partial charge is 0.488 e. The van der Waals surface area contributed by atoms with Gasteiger partial charge in [-0.05, 0) is 30.3 Å². The molecule has 0 radical (unpaired) electrons. The minimum atomic E-state index is -0.685. The average Bonchev–Trinajstić information content (AvgIpc) is 2.47. The summed E-state index contributed by atoms with van der Waals surface area (Å²) in [6.45, 7) is -0.0864. The molecule has 0 spiro atoms. The summed E-state index contributed by atoms with van der Waals surface area (Å²) in [5, 5.41) is 7.61. The van der Waals surface area contributed by atoms with E-state index in [0.717, 1.165) is 12.1 Å². The molecule has 0 unspecified atom stereocenters. The molecule has 0 aliphatic carbocycles. The molecule has 0 heterocycles. The van der Waals surface area contributed by atoms with Crippen LogP contribution in [0.25, 0.3) is 0 Å². The molecule has 0 saturated heterocycles. The fourth-order valence-corrected chi connectivity index (χ4v) is 1.88. The Balaban J connectivity index is 2.19. The summed E-state index contributed by atoms with van der Waals surface area (Å²) in [6.07, 6.45) is 1.35. The summed E-state index contributed by atoms with van der Waals surface area (Å²) in [6, 6.07) is 8.06. The number of ether oxygens (including phenoxy) is 1. The zero-order valence-electron chi connectivity index (χ0n) is 11.8. The van der Waals surface area contributed by atoms with Gasteiger partial charge >= 0.3 is 0 Å². The molecule has 2 rings (SSSR count). The molecule has 5 nitrogen and oxygen atoms in total. The van der Waals surface area contributed by atoms with Crippen LogP contribution in [-0.2, 0) is 6.61 Å². The zero-order chi connectivity index (χ0) is 16.8. The highest BCUT2D eigenvalue weighted by Gasteiger charge is 2.07. The van der Waals surface area contributed by atoms with E-state index in [0.29, 0.717) is 16.3 Å². The molecule has 0 aliphatic heterocycles. The summed E-state index contributed by atoms with van der Waals surface area (Å²) in [7, 11) is 0. The van der Waals surface area contributed by atoms with Gasteiger partial charge < -0.3 is 16.2 Å². The lowest BCUT2D eigenvalue weighted by Crippen LogP contribution is -2.21. The van der Waals surface area contributed by atoms with Gasteiger partial charge in [0.2, 0.25) is 5.96 Å². The quantitative estimate of drug-likeness (QED) is 0.499. The number of hydrogen-bond acceptors (Lipinski definition) is 3. The maximum Gasteiger partial charge on any atom is 0.211 e. The van der Waals surface area contributed by atoms with Crippen molar-refractivity contribution in [2.45, 2.75) is 6.61 Å². The van der Waals surface area contributed by atoms with Crippen LogP contribution in [0.5, 0.6) is 5.75 Å². The Morgan fingerprint density at radius 3 is 2.65 bits per heavy atom. The molecule has 4 N–H and O–H groups in total. The smallest absolute Gasteiger partial charge is 0.211 e. The number of guanidine groups is 1. The van der Waals surface area contributed by atoms with E-state index in [1.54, 1.807) is 18.2 Å². The highest BCUT2D eigenvalue weighted by molar-refractivity contribution is 6.30. The Labute approximate surface area is 136 Å². The molecule has 2 aromatic rings. The third kappa shape index (κ3) is 4.93. The highest BCUT2D eigenvalue weighted by atomic mass is 35.5. The first-order chi connectivity index (χ1) is 11.0. The third-order valence-corrected chi connectivity index (χ3v) is 2.98. The fourth-order valence-electron chi connectivity index (χ4n) is 1.70. The lowest BCUT2D eigenvalue weighted by molar-refractivity contribution is 0.299. The van der Waals surface area contributed by atoms with Gasteiger partial charge in [0.1, 0.15) is 24.0 Å². The van der Waals surface area contributed by atoms with Crippen molar-refractivity contribution in [3.05, 3.63) is 64.2 Å². The van der Waals surface area contributed by atoms with Crippen LogP contribution >= 0.6 is 11.6 Å². The second kappa shape index (κ2) is 7.55. The molecule has 0 atom stereocenters. The van der Waals surface area contributed by atoms with Crippen LogP contribution in [0, 0.1) is 11.6 Å². The van der Waals surface area contributed by atoms with Crippen molar-refractivity contribution in [1.29, 1.82) is 0 Å². The molecule has 23 heavy (non-hydrogen) atoms. The Bertz CT molecular complexity index is 761. The first kappa shape index (κ1) is 16.7. The van der Waals surface area contributed by atoms with Crippen LogP contribution in [0.4, 0.5) is 8.78 Å². The number of rotatable bonds is 5. The minimum absolute atomic E-state index is 0.0864. The van der Waals surface area contributed by atoms with E-state index in [2.05, 4.69) is 10.2 Å². The molecule has 120 valence electrons. The van der Waals surface area contributed by atoms with E-state index in [4.69, 9.17) is 27.8 Å². The van der Waals surface area contributed by atoms with Crippen molar-refractivity contribution < 1.29 is 13.5 Å². The number of nitrogens with zero attached hydrogens (tertiary/aromatic N) is 2. The lowest BCUT2D eigenvalue weighted by atomic mass is 10.2. The second-order valence-electron chi connectivity index (χ2n) is 4.48. The minimum Gasteiger partial charge on any atom is -0.488 e. The van der Waals surface area contributed by atoms with Crippen molar-refractivity contribution in [3.63, 3.8) is 0 Å². The molecule has 0 amide bonds. The van der Waals surface area contributed by atoms with E-state index < -0.39 is 11.6 Å². The predicted octanol–water partition coefficient (Wildman–Crippen LogP) is 2.80. The van der Waals surface area contributed by atoms with Crippen molar-refractivity contribution in [2.75, 3.05) is 0 Å². The summed E-state index contributed by atoms with van der Waals surface area (Å²) in [4.78, 5) is 0. The SMILES string of the molecule is NC(N)=NN=Cc1cc(Cl)ccc1OCc1ccc(F)cc1F. The van der Waals surface area contributed by atoms with Gasteiger partial charge in [0.25, 0.3) is 0 Å². The van der Waals surface area contributed by atoms with Crippen LogP contribution in [0.3, 0.4) is 0 Å². The second-order valence-corrected chi connectivity index (χ2v) is 4.91. The summed E-state index contributed by atoms with van der Waals surface area (Å²) in [5.74, 6) is -1.13. The summed E-state index contributed by atoms with van der Waals surface area (Å²) < 4.78 is 32.0. The molecule has 0 fully saturated rings. The Morgan fingerprint density at radius 1 is 1.17 bits per heavy atom. The third-order valence-electron chi connectivity index (χ3n) is 2.74. The van der Waals surface area contributed by atoms with Crippen molar-refractivity contribution in [3.8, 4) is 5.75 Å². The van der Waals surface area contributed by atoms with Gasteiger partial charge in [0, 0.05) is 22.2 Å². The first-order valence-corrected chi connectivity index (χ1v) is 6.82. The van der Waals surface area contributed by atoms with Gasteiger partial charge in [0.05, 0.1) is 6.21 Å². The molecular weight excluding hydrogens is 326 g/mol. The molecule has 0 aliphatic rings. The van der Waals surface area contributed by atoms with E-state index in [-0.39, 0.29) is 18.1 Å². The zero-order valence-corrected chi connectivity index (χ0v) is 12.6. The normalized spacial score (nSPS) is 10.7. The first-order valence-electron chi connectivity index (χ1n) is 6.44. The van der Waals surface area contributed by atoms with Gasteiger partial charge in [-0.25, -0.2) is 8.78 Å². The molecule has 2 aromatic carbocycles. The number of nitrogens with two attached hydrogens (primary N) is 2. The van der Waals surface area contributed by atoms with Gasteiger partial charge in [-0.3, -0.25) is 0 Å². The van der Waals surface area contributed by atoms with Crippen LogP contribution in [0.2, 0.25) is 5.02 Å². The maximum atomic E-state index is 13.6. The molecular formula is C15H13ClF2N4O. The van der Waals surface area contributed by atoms with Gasteiger partial charge in [-0.2, -0.15) is 5.10 Å². The summed E-state index contributed by atoms with van der Waals surface area (Å²) >= 11 is 5.91. The Kier molecular flexibility index (Phi) is 5.48. The molecule has 0 aromatic heterocycles. The molecule has 8 heteroatoms. The van der Waals surface area contributed by atoms with E-state index >= 15 is 0 Å². The topological polar surface area (TPSA) is 86.0 Å². The van der Waals surface area contributed by atoms with Crippen LogP contribution < -0.4 is 16.2 Å². The Morgan fingerprint density at radius 2 is 1.96 bits per heavy atom.